The van der Waals surface area contributed by atoms with Gasteiger partial charge >= 0.3 is 12.5 Å². The second-order valence-corrected chi connectivity index (χ2v) is 18.7. The van der Waals surface area contributed by atoms with Crippen molar-refractivity contribution < 1.29 is 50.4 Å². The van der Waals surface area contributed by atoms with Crippen molar-refractivity contribution >= 4 is 30.9 Å². The second kappa shape index (κ2) is 14.0. The molecule has 10 nitrogen and oxygen atoms in total. The Balaban J connectivity index is 1.48. The van der Waals surface area contributed by atoms with Gasteiger partial charge in [-0.25, -0.2) is 18.6 Å². The summed E-state index contributed by atoms with van der Waals surface area (Å²) in [5.74, 6) is -3.82. The van der Waals surface area contributed by atoms with E-state index in [1.807, 2.05) is 6.92 Å². The molecule has 16 heteroatoms. The van der Waals surface area contributed by atoms with Gasteiger partial charge in [0, 0.05) is 50.2 Å². The van der Waals surface area contributed by atoms with Gasteiger partial charge < -0.3 is 28.3 Å². The molecule has 1 aliphatic rings. The fourth-order valence-electron chi connectivity index (χ4n) is 4.90. The number of pyridine rings is 1. The molecule has 1 aliphatic heterocycles. The van der Waals surface area contributed by atoms with E-state index in [0.717, 1.165) is 24.2 Å². The van der Waals surface area contributed by atoms with E-state index >= 15 is 8.78 Å². The van der Waals surface area contributed by atoms with Crippen LogP contribution < -0.4 is 14.8 Å². The van der Waals surface area contributed by atoms with E-state index in [1.54, 1.807) is 16.8 Å². The Morgan fingerprint density at radius 3 is 2.45 bits per heavy atom. The normalized spacial score (nSPS) is 14.2. The van der Waals surface area contributed by atoms with Crippen molar-refractivity contribution in [3.63, 3.8) is 0 Å². The summed E-state index contributed by atoms with van der Waals surface area (Å²) in [6.07, 6.45) is -2.97. The zero-order chi connectivity index (χ0) is 35.6. The van der Waals surface area contributed by atoms with Crippen LogP contribution in [0.3, 0.4) is 0 Å². The summed E-state index contributed by atoms with van der Waals surface area (Å²) in [4.78, 5) is 16.7. The maximum absolute atomic E-state index is 15.3. The molecule has 0 spiro atoms. The number of rotatable bonds is 12. The SMILES string of the molecule is CC1(COC(=O)Nc2cc(F)c(Oc3ccnc4c3c(-c3ccc(OC(F)(F)F)c(C#N)c3)cn4COCC[Si](C)(C)C)c(F)c2)COC1. The molecule has 1 amide bonds. The Labute approximate surface area is 279 Å². The maximum atomic E-state index is 15.3. The number of nitrogens with one attached hydrogen (secondary N) is 1. The lowest BCUT2D eigenvalue weighted by molar-refractivity contribution is -0.274. The number of anilines is 1. The van der Waals surface area contributed by atoms with Crippen LogP contribution in [0.5, 0.6) is 17.2 Å². The van der Waals surface area contributed by atoms with Gasteiger partial charge in [0.15, 0.2) is 17.4 Å². The van der Waals surface area contributed by atoms with Crippen LogP contribution >= 0.6 is 0 Å². The number of hydrogen-bond donors (Lipinski definition) is 1. The molecule has 5 rings (SSSR count). The van der Waals surface area contributed by atoms with Crippen molar-refractivity contribution in [2.75, 3.05) is 31.7 Å². The molecule has 3 heterocycles. The van der Waals surface area contributed by atoms with Crippen LogP contribution in [0.4, 0.5) is 32.4 Å². The minimum absolute atomic E-state index is 0.0309. The predicted octanol–water partition coefficient (Wildman–Crippen LogP) is 8.44. The summed E-state index contributed by atoms with van der Waals surface area (Å²) >= 11 is 0. The molecule has 4 aromatic rings. The van der Waals surface area contributed by atoms with Gasteiger partial charge in [-0.3, -0.25) is 5.32 Å². The van der Waals surface area contributed by atoms with E-state index in [2.05, 4.69) is 34.7 Å². The third kappa shape index (κ3) is 8.85. The summed E-state index contributed by atoms with van der Waals surface area (Å²) in [6, 6.07) is 9.18. The maximum Gasteiger partial charge on any atom is 0.573 e. The summed E-state index contributed by atoms with van der Waals surface area (Å²) in [6.45, 7) is 9.85. The molecule has 0 radical (unpaired) electrons. The molecule has 2 aromatic heterocycles. The number of ether oxygens (including phenoxy) is 5. The van der Waals surface area contributed by atoms with E-state index in [-0.39, 0.29) is 46.8 Å². The average molecular weight is 705 g/mol. The van der Waals surface area contributed by atoms with Gasteiger partial charge in [-0.05, 0) is 29.8 Å². The molecule has 1 N–H and O–H groups in total. The van der Waals surface area contributed by atoms with Gasteiger partial charge in [0.25, 0.3) is 0 Å². The molecule has 0 bridgehead atoms. The largest absolute Gasteiger partial charge is 0.573 e. The Bertz CT molecular complexity index is 1880. The third-order valence-corrected chi connectivity index (χ3v) is 9.20. The van der Waals surface area contributed by atoms with Gasteiger partial charge in [0.1, 0.15) is 36.6 Å². The van der Waals surface area contributed by atoms with Gasteiger partial charge in [-0.2, -0.15) is 5.26 Å². The van der Waals surface area contributed by atoms with Crippen LogP contribution in [0.1, 0.15) is 12.5 Å². The van der Waals surface area contributed by atoms with E-state index in [9.17, 15) is 23.2 Å². The minimum Gasteiger partial charge on any atom is -0.450 e. The lowest BCUT2D eigenvalue weighted by Crippen LogP contribution is -2.44. The third-order valence-electron chi connectivity index (χ3n) is 7.49. The number of hydrogen-bond acceptors (Lipinski definition) is 8. The van der Waals surface area contributed by atoms with Crippen LogP contribution in [0, 0.1) is 28.4 Å². The first-order valence-electron chi connectivity index (χ1n) is 15.1. The number of alkyl halides is 3. The highest BCUT2D eigenvalue weighted by Gasteiger charge is 2.35. The summed E-state index contributed by atoms with van der Waals surface area (Å²) in [5, 5.41) is 12.1. The van der Waals surface area contributed by atoms with Crippen molar-refractivity contribution in [2.24, 2.45) is 5.41 Å². The lowest BCUT2D eigenvalue weighted by Gasteiger charge is -2.37. The van der Waals surface area contributed by atoms with Gasteiger partial charge in [-0.1, -0.05) is 32.6 Å². The monoisotopic (exact) mass is 704 g/mol. The summed E-state index contributed by atoms with van der Waals surface area (Å²) < 4.78 is 97.1. The summed E-state index contributed by atoms with van der Waals surface area (Å²) in [5.41, 5.74) is -0.0569. The van der Waals surface area contributed by atoms with Gasteiger partial charge in [0.2, 0.25) is 0 Å². The first-order valence-corrected chi connectivity index (χ1v) is 18.8. The zero-order valence-corrected chi connectivity index (χ0v) is 28.0. The lowest BCUT2D eigenvalue weighted by atomic mass is 9.90. The Morgan fingerprint density at radius 1 is 1.12 bits per heavy atom. The van der Waals surface area contributed by atoms with Crippen molar-refractivity contribution in [3.05, 3.63) is 66.0 Å². The van der Waals surface area contributed by atoms with E-state index < -0.39 is 49.2 Å². The topological polar surface area (TPSA) is 117 Å². The number of amides is 1. The molecule has 260 valence electrons. The van der Waals surface area contributed by atoms with Crippen LogP contribution in [-0.4, -0.2) is 56.5 Å². The predicted molar refractivity (Wildman–Crippen MR) is 171 cm³/mol. The number of carbonyl (C=O) groups excluding carboxylic acids is 1. The average Bonchev–Trinajstić information content (AvgIpc) is 3.37. The van der Waals surface area contributed by atoms with Crippen molar-refractivity contribution in [1.29, 1.82) is 5.26 Å². The Hall–Kier alpha value is -4.72. The zero-order valence-electron chi connectivity index (χ0n) is 27.0. The van der Waals surface area contributed by atoms with E-state index in [4.69, 9.17) is 18.9 Å². The molecular formula is C33H33F5N4O6Si. The molecule has 0 atom stereocenters. The molecule has 0 saturated carbocycles. The van der Waals surface area contributed by atoms with Crippen LogP contribution in [0.2, 0.25) is 25.7 Å². The quantitative estimate of drug-likeness (QED) is 0.0888. The highest BCUT2D eigenvalue weighted by atomic mass is 28.3. The fourth-order valence-corrected chi connectivity index (χ4v) is 5.65. The smallest absolute Gasteiger partial charge is 0.450 e. The Kier molecular flexibility index (Phi) is 10.2. The second-order valence-electron chi connectivity index (χ2n) is 13.1. The van der Waals surface area contributed by atoms with Gasteiger partial charge in [-0.15, -0.1) is 13.2 Å². The molecule has 49 heavy (non-hydrogen) atoms. The van der Waals surface area contributed by atoms with Crippen LogP contribution in [-0.2, 0) is 20.9 Å². The van der Waals surface area contributed by atoms with Crippen LogP contribution in [0.15, 0.2) is 48.8 Å². The highest BCUT2D eigenvalue weighted by Crippen LogP contribution is 2.41. The van der Waals surface area contributed by atoms with E-state index in [1.165, 1.54) is 24.4 Å². The van der Waals surface area contributed by atoms with Crippen molar-refractivity contribution in [3.8, 4) is 34.4 Å². The Morgan fingerprint density at radius 2 is 1.84 bits per heavy atom. The van der Waals surface area contributed by atoms with E-state index in [0.29, 0.717) is 25.4 Å². The number of nitrogens with zero attached hydrogens (tertiary/aromatic N) is 3. The number of aromatic nitrogens is 2. The number of benzene rings is 2. The number of carbonyl (C=O) groups is 1. The minimum atomic E-state index is -5.02. The fraction of sp³-hybridized carbons (Fsp3) is 0.364. The number of halogens is 5. The molecular weight excluding hydrogens is 671 g/mol. The van der Waals surface area contributed by atoms with Crippen molar-refractivity contribution in [1.82, 2.24) is 9.55 Å². The molecule has 1 fully saturated rings. The summed E-state index contributed by atoms with van der Waals surface area (Å²) in [7, 11) is -1.42. The number of nitriles is 1. The number of fused-ring (bicyclic) bond motifs is 1. The van der Waals surface area contributed by atoms with Crippen LogP contribution in [0.25, 0.3) is 22.2 Å². The molecule has 1 saturated heterocycles. The first kappa shape index (κ1) is 35.6. The standard InChI is InChI=1S/C33H33F5N4O6Si/c1-32(16-45-17-32)18-46-31(43)41-22-12-24(34)29(25(35)13-22)47-27-7-8-40-30-28(27)23(15-42(30)19-44-9-10-49(2,3)4)20-5-6-26(21(11-20)14-39)48-33(36,37)38/h5-8,11-13,15H,9-10,16-19H2,1-4H3,(H,41,43). The first-order chi connectivity index (χ1) is 23.0. The highest BCUT2D eigenvalue weighted by molar-refractivity contribution is 6.76. The van der Waals surface area contributed by atoms with Crippen molar-refractivity contribution in [2.45, 2.75) is 45.7 Å². The molecule has 2 aromatic carbocycles. The van der Waals surface area contributed by atoms with Gasteiger partial charge in [0.05, 0.1) is 29.9 Å². The molecule has 0 aliphatic carbocycles. The molecule has 0 unspecified atom stereocenters.